The predicted octanol–water partition coefficient (Wildman–Crippen LogP) is 3.03. The molecule has 0 saturated carbocycles. The lowest BCUT2D eigenvalue weighted by atomic mass is 9.92. The Morgan fingerprint density at radius 1 is 1.60 bits per heavy atom. The second-order valence-electron chi connectivity index (χ2n) is 3.93. The number of rotatable bonds is 1. The molecule has 1 heterocycles. The monoisotopic (exact) mass is 228 g/mol. The van der Waals surface area contributed by atoms with Crippen LogP contribution in [0.5, 0.6) is 5.75 Å². The highest BCUT2D eigenvalue weighted by molar-refractivity contribution is 6.30. The second kappa shape index (κ2) is 3.49. The molecule has 0 bridgehead atoms. The summed E-state index contributed by atoms with van der Waals surface area (Å²) in [5.74, 6) is 0.270. The van der Waals surface area contributed by atoms with Crippen LogP contribution in [0.1, 0.15) is 23.7 Å². The fourth-order valence-corrected chi connectivity index (χ4v) is 1.78. The number of benzene rings is 1. The molecule has 1 aromatic carbocycles. The molecule has 0 aliphatic carbocycles. The summed E-state index contributed by atoms with van der Waals surface area (Å²) < 4.78 is 18.2. The zero-order valence-electron chi connectivity index (χ0n) is 8.22. The van der Waals surface area contributed by atoms with Crippen molar-refractivity contribution in [1.29, 1.82) is 0 Å². The average Bonchev–Trinajstić information content (AvgIpc) is 2.16. The van der Waals surface area contributed by atoms with E-state index in [1.165, 1.54) is 0 Å². The van der Waals surface area contributed by atoms with Gasteiger partial charge in [-0.25, -0.2) is 4.39 Å². The number of alkyl halides is 1. The molecule has 0 radical (unpaired) electrons. The first kappa shape index (κ1) is 10.4. The van der Waals surface area contributed by atoms with Crippen LogP contribution in [-0.4, -0.2) is 18.1 Å². The molecule has 2 nitrogen and oxygen atoms in total. The zero-order chi connectivity index (χ0) is 11.1. The Labute approximate surface area is 92.0 Å². The minimum absolute atomic E-state index is 0.0676. The van der Waals surface area contributed by atoms with Crippen LogP contribution in [0.25, 0.3) is 0 Å². The molecule has 1 aliphatic rings. The molecule has 2 rings (SSSR count). The molecule has 80 valence electrons. The van der Waals surface area contributed by atoms with Gasteiger partial charge < -0.3 is 4.74 Å². The van der Waals surface area contributed by atoms with Crippen molar-refractivity contribution in [2.45, 2.75) is 18.9 Å². The van der Waals surface area contributed by atoms with Crippen LogP contribution in [0.4, 0.5) is 4.39 Å². The van der Waals surface area contributed by atoms with E-state index in [1.54, 1.807) is 25.1 Å². The van der Waals surface area contributed by atoms with Crippen LogP contribution in [0.15, 0.2) is 18.2 Å². The quantitative estimate of drug-likeness (QED) is 0.739. The zero-order valence-corrected chi connectivity index (χ0v) is 8.97. The van der Waals surface area contributed by atoms with E-state index in [9.17, 15) is 9.18 Å². The van der Waals surface area contributed by atoms with E-state index < -0.39 is 12.3 Å². The van der Waals surface area contributed by atoms with E-state index in [1.807, 2.05) is 0 Å². The Kier molecular flexibility index (Phi) is 2.43. The fourth-order valence-electron chi connectivity index (χ4n) is 1.62. The van der Waals surface area contributed by atoms with E-state index in [0.717, 1.165) is 0 Å². The van der Waals surface area contributed by atoms with Crippen LogP contribution in [0, 0.1) is 0 Å². The van der Waals surface area contributed by atoms with Gasteiger partial charge in [-0.15, -0.1) is 0 Å². The lowest BCUT2D eigenvalue weighted by Gasteiger charge is -2.32. The van der Waals surface area contributed by atoms with Crippen LogP contribution in [0.3, 0.4) is 0 Å². The van der Waals surface area contributed by atoms with Gasteiger partial charge in [0.15, 0.2) is 5.78 Å². The van der Waals surface area contributed by atoms with Crippen LogP contribution >= 0.6 is 11.6 Å². The fraction of sp³-hybridized carbons (Fsp3) is 0.364. The van der Waals surface area contributed by atoms with E-state index in [0.29, 0.717) is 16.3 Å². The van der Waals surface area contributed by atoms with Crippen molar-refractivity contribution in [2.75, 3.05) is 6.67 Å². The summed E-state index contributed by atoms with van der Waals surface area (Å²) in [5.41, 5.74) is -0.570. The Morgan fingerprint density at radius 3 is 3.00 bits per heavy atom. The number of carbonyl (C=O) groups excluding carboxylic acids is 1. The predicted molar refractivity (Wildman–Crippen MR) is 55.4 cm³/mol. The third kappa shape index (κ3) is 1.84. The van der Waals surface area contributed by atoms with Crippen LogP contribution in [0.2, 0.25) is 5.02 Å². The average molecular weight is 229 g/mol. The maximum atomic E-state index is 12.7. The number of fused-ring (bicyclic) bond motifs is 1. The molecule has 1 aliphatic heterocycles. The largest absolute Gasteiger partial charge is 0.484 e. The SMILES string of the molecule is CC1(CF)CC(=O)c2ccc(Cl)cc2O1. The maximum absolute atomic E-state index is 12.7. The van der Waals surface area contributed by atoms with Gasteiger partial charge in [0, 0.05) is 5.02 Å². The molecule has 0 fully saturated rings. The molecular weight excluding hydrogens is 219 g/mol. The highest BCUT2D eigenvalue weighted by Crippen LogP contribution is 2.35. The molecule has 0 saturated heterocycles. The standard InChI is InChI=1S/C11H10ClFO2/c1-11(6-13)5-9(14)8-3-2-7(12)4-10(8)15-11/h2-4H,5-6H2,1H3. The van der Waals surface area contributed by atoms with E-state index in [-0.39, 0.29) is 12.2 Å². The first-order chi connectivity index (χ1) is 7.04. The summed E-state index contributed by atoms with van der Waals surface area (Å²) >= 11 is 5.78. The van der Waals surface area contributed by atoms with E-state index in [4.69, 9.17) is 16.3 Å². The van der Waals surface area contributed by atoms with Gasteiger partial charge in [0.2, 0.25) is 0 Å². The molecule has 0 amide bonds. The number of ether oxygens (including phenoxy) is 1. The van der Waals surface area contributed by atoms with Crippen molar-refractivity contribution >= 4 is 17.4 Å². The molecule has 0 aromatic heterocycles. The van der Waals surface area contributed by atoms with Crippen molar-refractivity contribution in [2.24, 2.45) is 0 Å². The number of hydrogen-bond donors (Lipinski definition) is 0. The van der Waals surface area contributed by atoms with Gasteiger partial charge in [0.25, 0.3) is 0 Å². The van der Waals surface area contributed by atoms with Crippen molar-refractivity contribution in [1.82, 2.24) is 0 Å². The number of Topliss-reactive ketones (excluding diaryl/α,β-unsaturated/α-hetero) is 1. The van der Waals surface area contributed by atoms with Gasteiger partial charge in [0.05, 0.1) is 12.0 Å². The Morgan fingerprint density at radius 2 is 2.33 bits per heavy atom. The second-order valence-corrected chi connectivity index (χ2v) is 4.36. The van der Waals surface area contributed by atoms with E-state index >= 15 is 0 Å². The molecule has 1 aromatic rings. The van der Waals surface area contributed by atoms with Crippen molar-refractivity contribution in [3.05, 3.63) is 28.8 Å². The summed E-state index contributed by atoms with van der Waals surface area (Å²) in [6.45, 7) is 0.888. The Bertz CT molecular complexity index is 419. The molecule has 4 heteroatoms. The number of hydrogen-bond acceptors (Lipinski definition) is 2. The summed E-state index contributed by atoms with van der Waals surface area (Å²) in [5, 5.41) is 0.477. The highest BCUT2D eigenvalue weighted by Gasteiger charge is 2.36. The first-order valence-electron chi connectivity index (χ1n) is 4.62. The molecule has 1 atom stereocenters. The van der Waals surface area contributed by atoms with E-state index in [2.05, 4.69) is 0 Å². The Hall–Kier alpha value is -1.09. The van der Waals surface area contributed by atoms with Crippen molar-refractivity contribution < 1.29 is 13.9 Å². The normalized spacial score (nSPS) is 24.6. The van der Waals surface area contributed by atoms with Gasteiger partial charge in [-0.05, 0) is 25.1 Å². The van der Waals surface area contributed by atoms with Crippen LogP contribution < -0.4 is 4.74 Å². The minimum atomic E-state index is -1.05. The molecule has 0 N–H and O–H groups in total. The third-order valence-corrected chi connectivity index (χ3v) is 2.65. The minimum Gasteiger partial charge on any atom is -0.484 e. The summed E-state index contributed by atoms with van der Waals surface area (Å²) in [7, 11) is 0. The Balaban J connectivity index is 2.46. The highest BCUT2D eigenvalue weighted by atomic mass is 35.5. The summed E-state index contributed by atoms with van der Waals surface area (Å²) in [6, 6.07) is 4.78. The first-order valence-corrected chi connectivity index (χ1v) is 5.00. The van der Waals surface area contributed by atoms with Gasteiger partial charge in [-0.2, -0.15) is 0 Å². The number of carbonyl (C=O) groups is 1. The van der Waals surface area contributed by atoms with Crippen LogP contribution in [-0.2, 0) is 0 Å². The number of ketones is 1. The van der Waals surface area contributed by atoms with Gasteiger partial charge in [-0.3, -0.25) is 4.79 Å². The number of halogens is 2. The summed E-state index contributed by atoms with van der Waals surface area (Å²) in [6.07, 6.45) is 0.0676. The van der Waals surface area contributed by atoms with Crippen molar-refractivity contribution in [3.8, 4) is 5.75 Å². The lowest BCUT2D eigenvalue weighted by molar-refractivity contribution is 0.0357. The lowest BCUT2D eigenvalue weighted by Crippen LogP contribution is -2.41. The molecule has 15 heavy (non-hydrogen) atoms. The topological polar surface area (TPSA) is 26.3 Å². The summed E-state index contributed by atoms with van der Waals surface area (Å²) in [4.78, 5) is 11.7. The molecule has 0 spiro atoms. The van der Waals surface area contributed by atoms with Crippen molar-refractivity contribution in [3.63, 3.8) is 0 Å². The van der Waals surface area contributed by atoms with Gasteiger partial charge >= 0.3 is 0 Å². The smallest absolute Gasteiger partial charge is 0.170 e. The third-order valence-electron chi connectivity index (χ3n) is 2.42. The maximum Gasteiger partial charge on any atom is 0.170 e. The molecular formula is C11H10ClFO2. The van der Waals surface area contributed by atoms with Gasteiger partial charge in [0.1, 0.15) is 18.0 Å². The van der Waals surface area contributed by atoms with Gasteiger partial charge in [-0.1, -0.05) is 11.6 Å². The molecule has 1 unspecified atom stereocenters.